The van der Waals surface area contributed by atoms with E-state index in [0.717, 1.165) is 29.9 Å². The maximum Gasteiger partial charge on any atom is 0.228 e. The number of ether oxygens (including phenoxy) is 2. The lowest BCUT2D eigenvalue weighted by molar-refractivity contribution is -0.117. The highest BCUT2D eigenvalue weighted by molar-refractivity contribution is 6.29. The third-order valence-electron chi connectivity index (χ3n) is 5.28. The van der Waals surface area contributed by atoms with Crippen LogP contribution in [0.3, 0.4) is 0 Å². The van der Waals surface area contributed by atoms with Crippen molar-refractivity contribution in [2.75, 3.05) is 18.6 Å². The average Bonchev–Trinajstić information content (AvgIpc) is 3.31. The molecule has 7 heteroatoms. The van der Waals surface area contributed by atoms with Crippen LogP contribution in [0, 0.1) is 0 Å². The summed E-state index contributed by atoms with van der Waals surface area (Å²) in [4.78, 5) is 22.2. The highest BCUT2D eigenvalue weighted by Crippen LogP contribution is 2.37. The van der Waals surface area contributed by atoms with Crippen LogP contribution in [0.5, 0.6) is 11.5 Å². The van der Waals surface area contributed by atoms with E-state index in [-0.39, 0.29) is 17.9 Å². The lowest BCUT2D eigenvalue weighted by Gasteiger charge is -2.19. The number of amides is 1. The topological polar surface area (TPSA) is 64.5 Å². The summed E-state index contributed by atoms with van der Waals surface area (Å²) in [6.45, 7) is 0.557. The van der Waals surface area contributed by atoms with Crippen molar-refractivity contribution >= 4 is 23.3 Å². The Labute approximate surface area is 163 Å². The van der Waals surface area contributed by atoms with Gasteiger partial charge in [0.15, 0.2) is 11.5 Å². The molecule has 1 aliphatic carbocycles. The molecule has 2 aliphatic rings. The predicted octanol–water partition coefficient (Wildman–Crippen LogP) is 3.98. The molecule has 1 saturated heterocycles. The first-order valence-corrected chi connectivity index (χ1v) is 9.64. The fraction of sp³-hybridized carbons (Fsp3) is 0.450. The molecule has 4 rings (SSSR count). The minimum absolute atomic E-state index is 0.0313. The number of halogens is 1. The molecule has 6 nitrogen and oxygen atoms in total. The van der Waals surface area contributed by atoms with E-state index < -0.39 is 0 Å². The van der Waals surface area contributed by atoms with Crippen LogP contribution in [-0.2, 0) is 4.79 Å². The molecule has 1 aromatic carbocycles. The Kier molecular flexibility index (Phi) is 5.16. The Morgan fingerprint density at radius 2 is 1.96 bits per heavy atom. The molecule has 2 heterocycles. The molecule has 1 unspecified atom stereocenters. The molecule has 2 aromatic rings. The third kappa shape index (κ3) is 3.86. The number of hydrogen-bond donors (Lipinski definition) is 0. The SMILES string of the molecule is COc1ccc(C2CC(=O)N(c3cc(Cl)ncn3)C2)cc1OC1CCCC1. The van der Waals surface area contributed by atoms with Gasteiger partial charge in [-0.05, 0) is 43.4 Å². The lowest BCUT2D eigenvalue weighted by Crippen LogP contribution is -2.25. The van der Waals surface area contributed by atoms with Crippen molar-refractivity contribution in [1.29, 1.82) is 0 Å². The molecule has 1 saturated carbocycles. The average molecular weight is 388 g/mol. The Hall–Kier alpha value is -2.34. The quantitative estimate of drug-likeness (QED) is 0.726. The van der Waals surface area contributed by atoms with Crippen LogP contribution >= 0.6 is 11.6 Å². The minimum Gasteiger partial charge on any atom is -0.493 e. The summed E-state index contributed by atoms with van der Waals surface area (Å²) in [7, 11) is 1.65. The summed E-state index contributed by atoms with van der Waals surface area (Å²) < 4.78 is 11.7. The van der Waals surface area contributed by atoms with E-state index in [9.17, 15) is 4.79 Å². The number of hydrogen-bond acceptors (Lipinski definition) is 5. The van der Waals surface area contributed by atoms with Crippen LogP contribution in [0.25, 0.3) is 0 Å². The zero-order valence-electron chi connectivity index (χ0n) is 15.2. The number of benzene rings is 1. The van der Waals surface area contributed by atoms with Gasteiger partial charge < -0.3 is 9.47 Å². The molecule has 27 heavy (non-hydrogen) atoms. The van der Waals surface area contributed by atoms with Gasteiger partial charge in [0.25, 0.3) is 0 Å². The second kappa shape index (κ2) is 7.72. The van der Waals surface area contributed by atoms with Gasteiger partial charge in [-0.1, -0.05) is 17.7 Å². The van der Waals surface area contributed by atoms with Gasteiger partial charge in [-0.25, -0.2) is 9.97 Å². The minimum atomic E-state index is 0.0313. The number of carbonyl (C=O) groups excluding carboxylic acids is 1. The van der Waals surface area contributed by atoms with Gasteiger partial charge in [-0.2, -0.15) is 0 Å². The van der Waals surface area contributed by atoms with E-state index in [4.69, 9.17) is 21.1 Å². The zero-order chi connectivity index (χ0) is 18.8. The van der Waals surface area contributed by atoms with E-state index in [1.165, 1.54) is 19.2 Å². The van der Waals surface area contributed by atoms with Crippen molar-refractivity contribution in [3.63, 3.8) is 0 Å². The molecular formula is C20H22ClN3O3. The van der Waals surface area contributed by atoms with Gasteiger partial charge in [-0.15, -0.1) is 0 Å². The van der Waals surface area contributed by atoms with Crippen LogP contribution in [0.4, 0.5) is 5.82 Å². The smallest absolute Gasteiger partial charge is 0.228 e. The van der Waals surface area contributed by atoms with Crippen molar-refractivity contribution < 1.29 is 14.3 Å². The molecule has 1 atom stereocenters. The highest BCUT2D eigenvalue weighted by Gasteiger charge is 2.33. The number of rotatable bonds is 5. The summed E-state index contributed by atoms with van der Waals surface area (Å²) in [5, 5.41) is 0.327. The summed E-state index contributed by atoms with van der Waals surface area (Å²) in [6, 6.07) is 7.57. The van der Waals surface area contributed by atoms with Crippen LogP contribution < -0.4 is 14.4 Å². The first kappa shape index (κ1) is 18.0. The molecule has 1 amide bonds. The van der Waals surface area contributed by atoms with Gasteiger partial charge in [-0.3, -0.25) is 9.69 Å². The van der Waals surface area contributed by atoms with Gasteiger partial charge in [0, 0.05) is 24.9 Å². The van der Waals surface area contributed by atoms with Crippen LogP contribution in [-0.4, -0.2) is 35.6 Å². The van der Waals surface area contributed by atoms with E-state index in [1.54, 1.807) is 18.1 Å². The maximum absolute atomic E-state index is 12.5. The largest absolute Gasteiger partial charge is 0.493 e. The van der Waals surface area contributed by atoms with E-state index in [0.29, 0.717) is 23.9 Å². The lowest BCUT2D eigenvalue weighted by atomic mass is 9.98. The Balaban J connectivity index is 1.55. The van der Waals surface area contributed by atoms with Gasteiger partial charge >= 0.3 is 0 Å². The van der Waals surface area contributed by atoms with Crippen molar-refractivity contribution in [2.24, 2.45) is 0 Å². The highest BCUT2D eigenvalue weighted by atomic mass is 35.5. The normalized spacial score (nSPS) is 20.3. The summed E-state index contributed by atoms with van der Waals surface area (Å²) >= 11 is 5.94. The fourth-order valence-corrected chi connectivity index (χ4v) is 3.99. The van der Waals surface area contributed by atoms with Crippen LogP contribution in [0.15, 0.2) is 30.6 Å². The van der Waals surface area contributed by atoms with E-state index in [1.807, 2.05) is 18.2 Å². The number of methoxy groups -OCH3 is 1. The monoisotopic (exact) mass is 387 g/mol. The van der Waals surface area contributed by atoms with Crippen molar-refractivity contribution in [2.45, 2.75) is 44.1 Å². The number of aromatic nitrogens is 2. The molecule has 1 aromatic heterocycles. The molecule has 142 valence electrons. The molecule has 2 fully saturated rings. The Bertz CT molecular complexity index is 839. The molecular weight excluding hydrogens is 366 g/mol. The Morgan fingerprint density at radius 1 is 1.15 bits per heavy atom. The Morgan fingerprint density at radius 3 is 2.70 bits per heavy atom. The first-order valence-electron chi connectivity index (χ1n) is 9.26. The van der Waals surface area contributed by atoms with Crippen molar-refractivity contribution in [1.82, 2.24) is 9.97 Å². The second-order valence-electron chi connectivity index (χ2n) is 7.04. The number of carbonyl (C=O) groups is 1. The first-order chi connectivity index (χ1) is 13.1. The molecule has 0 spiro atoms. The molecule has 1 aliphatic heterocycles. The third-order valence-corrected chi connectivity index (χ3v) is 5.48. The van der Waals surface area contributed by atoms with Crippen LogP contribution in [0.1, 0.15) is 43.6 Å². The maximum atomic E-state index is 12.5. The molecule has 0 bridgehead atoms. The predicted molar refractivity (Wildman–Crippen MR) is 103 cm³/mol. The summed E-state index contributed by atoms with van der Waals surface area (Å²) in [6.07, 6.45) is 6.63. The van der Waals surface area contributed by atoms with Crippen molar-refractivity contribution in [3.05, 3.63) is 41.3 Å². The summed E-state index contributed by atoms with van der Waals surface area (Å²) in [5.74, 6) is 2.14. The van der Waals surface area contributed by atoms with Gasteiger partial charge in [0.05, 0.1) is 13.2 Å². The fourth-order valence-electron chi connectivity index (χ4n) is 3.85. The number of nitrogens with zero attached hydrogens (tertiary/aromatic N) is 3. The standard InChI is InChI=1S/C20H22ClN3O3/c1-26-16-7-6-13(8-17(16)27-15-4-2-3-5-15)14-9-20(25)24(11-14)19-10-18(21)22-12-23-19/h6-8,10,12,14-15H,2-5,9,11H2,1H3. The molecule has 0 radical (unpaired) electrons. The van der Waals surface area contributed by atoms with Gasteiger partial charge in [0.2, 0.25) is 5.91 Å². The van der Waals surface area contributed by atoms with Gasteiger partial charge in [0.1, 0.15) is 17.3 Å². The zero-order valence-corrected chi connectivity index (χ0v) is 16.0. The van der Waals surface area contributed by atoms with Crippen molar-refractivity contribution in [3.8, 4) is 11.5 Å². The van der Waals surface area contributed by atoms with E-state index in [2.05, 4.69) is 9.97 Å². The summed E-state index contributed by atoms with van der Waals surface area (Å²) in [5.41, 5.74) is 1.07. The van der Waals surface area contributed by atoms with Crippen LogP contribution in [0.2, 0.25) is 5.15 Å². The number of anilines is 1. The van der Waals surface area contributed by atoms with E-state index >= 15 is 0 Å². The second-order valence-corrected chi connectivity index (χ2v) is 7.43. The molecule has 0 N–H and O–H groups in total.